The summed E-state index contributed by atoms with van der Waals surface area (Å²) in [5, 5.41) is 2.89. The van der Waals surface area contributed by atoms with Crippen LogP contribution in [0, 0.1) is 27.7 Å². The van der Waals surface area contributed by atoms with E-state index in [1.807, 2.05) is 32.9 Å². The van der Waals surface area contributed by atoms with Gasteiger partial charge in [0.05, 0.1) is 12.8 Å². The van der Waals surface area contributed by atoms with E-state index >= 15 is 0 Å². The minimum absolute atomic E-state index is 0.0133. The summed E-state index contributed by atoms with van der Waals surface area (Å²) in [7, 11) is -2.66. The van der Waals surface area contributed by atoms with Crippen molar-refractivity contribution in [2.24, 2.45) is 0 Å². The molecule has 3 aromatic carbocycles. The number of para-hydroxylation sites is 1. The highest BCUT2D eigenvalue weighted by molar-refractivity contribution is 7.93. The van der Waals surface area contributed by atoms with Gasteiger partial charge in [-0.2, -0.15) is 0 Å². The number of methoxy groups -OCH3 is 1. The van der Waals surface area contributed by atoms with Gasteiger partial charge in [-0.25, -0.2) is 8.42 Å². The van der Waals surface area contributed by atoms with Crippen LogP contribution in [0.4, 0.5) is 11.4 Å². The first-order valence-corrected chi connectivity index (χ1v) is 11.7. The molecular weight excluding hydrogens is 424 g/mol. The summed E-state index contributed by atoms with van der Waals surface area (Å²) in [4.78, 5) is 13.0. The van der Waals surface area contributed by atoms with Crippen LogP contribution in [0.15, 0.2) is 65.6 Å². The van der Waals surface area contributed by atoms with Crippen LogP contribution in [-0.4, -0.2) is 28.0 Å². The number of amides is 1. The summed E-state index contributed by atoms with van der Waals surface area (Å²) in [6, 6.07) is 17.5. The molecule has 0 heterocycles. The van der Waals surface area contributed by atoms with Crippen molar-refractivity contribution in [2.75, 3.05) is 23.3 Å². The molecule has 0 radical (unpaired) electrons. The lowest BCUT2D eigenvalue weighted by atomic mass is 10.1. The number of nitrogens with zero attached hydrogens (tertiary/aromatic N) is 1. The Morgan fingerprint density at radius 1 is 0.906 bits per heavy atom. The topological polar surface area (TPSA) is 75.7 Å². The zero-order chi connectivity index (χ0) is 23.5. The number of anilines is 2. The number of hydrogen-bond acceptors (Lipinski definition) is 4. The highest BCUT2D eigenvalue weighted by atomic mass is 32.2. The summed E-state index contributed by atoms with van der Waals surface area (Å²) in [6.07, 6.45) is 0. The van der Waals surface area contributed by atoms with Gasteiger partial charge in [0.1, 0.15) is 17.2 Å². The molecule has 1 amide bonds. The number of sulfonamides is 1. The van der Waals surface area contributed by atoms with Gasteiger partial charge in [0.15, 0.2) is 0 Å². The monoisotopic (exact) mass is 452 g/mol. The van der Waals surface area contributed by atoms with Crippen molar-refractivity contribution in [3.63, 3.8) is 0 Å². The molecule has 168 valence electrons. The van der Waals surface area contributed by atoms with Gasteiger partial charge in [-0.15, -0.1) is 0 Å². The third-order valence-electron chi connectivity index (χ3n) is 5.16. The lowest BCUT2D eigenvalue weighted by Crippen LogP contribution is -2.38. The molecule has 0 aliphatic carbocycles. The van der Waals surface area contributed by atoms with Crippen molar-refractivity contribution in [1.29, 1.82) is 0 Å². The van der Waals surface area contributed by atoms with E-state index in [4.69, 9.17) is 4.74 Å². The molecule has 0 aromatic heterocycles. The van der Waals surface area contributed by atoms with E-state index in [1.54, 1.807) is 55.5 Å². The average molecular weight is 453 g/mol. The molecule has 0 saturated heterocycles. The summed E-state index contributed by atoms with van der Waals surface area (Å²) in [6.45, 7) is 7.25. The number of rotatable bonds is 7. The molecular formula is C25H28N2O4S. The smallest absolute Gasteiger partial charge is 0.268 e. The van der Waals surface area contributed by atoms with Crippen LogP contribution < -0.4 is 14.4 Å². The second-order valence-electron chi connectivity index (χ2n) is 7.82. The summed E-state index contributed by atoms with van der Waals surface area (Å²) < 4.78 is 33.8. The first-order valence-electron chi connectivity index (χ1n) is 10.2. The second kappa shape index (κ2) is 9.44. The summed E-state index contributed by atoms with van der Waals surface area (Å²) in [5.74, 6) is -0.207. The fourth-order valence-electron chi connectivity index (χ4n) is 3.70. The highest BCUT2D eigenvalue weighted by Gasteiger charge is 2.30. The maximum atomic E-state index is 13.7. The van der Waals surface area contributed by atoms with Crippen LogP contribution in [0.2, 0.25) is 0 Å². The molecule has 1 N–H and O–H groups in total. The Balaban J connectivity index is 2.01. The van der Waals surface area contributed by atoms with Crippen molar-refractivity contribution in [3.05, 3.63) is 82.9 Å². The fourth-order valence-corrected chi connectivity index (χ4v) is 5.36. The second-order valence-corrected chi connectivity index (χ2v) is 9.65. The number of carbonyl (C=O) groups is 1. The minimum Gasteiger partial charge on any atom is -0.495 e. The maximum absolute atomic E-state index is 13.7. The van der Waals surface area contributed by atoms with E-state index in [1.165, 1.54) is 7.11 Å². The number of benzene rings is 3. The van der Waals surface area contributed by atoms with Crippen LogP contribution in [0.3, 0.4) is 0 Å². The molecule has 0 fully saturated rings. The summed E-state index contributed by atoms with van der Waals surface area (Å²) in [5.41, 5.74) is 4.80. The first-order chi connectivity index (χ1) is 15.1. The van der Waals surface area contributed by atoms with Crippen molar-refractivity contribution < 1.29 is 17.9 Å². The number of carbonyl (C=O) groups excluding carboxylic acids is 1. The zero-order valence-corrected chi connectivity index (χ0v) is 19.8. The average Bonchev–Trinajstić information content (AvgIpc) is 2.75. The Hall–Kier alpha value is -3.32. The molecule has 6 nitrogen and oxygen atoms in total. The molecule has 0 saturated carbocycles. The Morgan fingerprint density at radius 2 is 1.53 bits per heavy atom. The third kappa shape index (κ3) is 4.94. The Labute approximate surface area is 189 Å². The van der Waals surface area contributed by atoms with Crippen LogP contribution in [-0.2, 0) is 14.8 Å². The molecule has 3 aromatic rings. The fraction of sp³-hybridized carbons (Fsp3) is 0.240. The SMILES string of the molecule is COc1ccc(C)cc1S(=O)(=O)N(CC(=O)Nc1c(C)cc(C)cc1C)c1ccccc1. The number of aryl methyl sites for hydroxylation is 4. The van der Waals surface area contributed by atoms with E-state index in [0.29, 0.717) is 11.4 Å². The van der Waals surface area contributed by atoms with Crippen LogP contribution in [0.25, 0.3) is 0 Å². The Kier molecular flexibility index (Phi) is 6.89. The Bertz CT molecular complexity index is 1220. The predicted octanol–water partition coefficient (Wildman–Crippen LogP) is 4.76. The van der Waals surface area contributed by atoms with E-state index < -0.39 is 15.9 Å². The Morgan fingerprint density at radius 3 is 2.12 bits per heavy atom. The minimum atomic E-state index is -4.09. The molecule has 0 unspecified atom stereocenters. The number of hydrogen-bond donors (Lipinski definition) is 1. The third-order valence-corrected chi connectivity index (χ3v) is 6.96. The molecule has 0 aliphatic rings. The van der Waals surface area contributed by atoms with E-state index in [-0.39, 0.29) is 17.2 Å². The van der Waals surface area contributed by atoms with Crippen molar-refractivity contribution >= 4 is 27.3 Å². The summed E-state index contributed by atoms with van der Waals surface area (Å²) >= 11 is 0. The standard InChI is InChI=1S/C25H28N2O4S/c1-17-11-12-22(31-5)23(15-17)32(29,30)27(21-9-7-6-8-10-21)16-24(28)26-25-19(3)13-18(2)14-20(25)4/h6-15H,16H2,1-5H3,(H,26,28). The maximum Gasteiger partial charge on any atom is 0.268 e. The molecule has 0 aliphatic heterocycles. The molecule has 7 heteroatoms. The largest absolute Gasteiger partial charge is 0.495 e. The lowest BCUT2D eigenvalue weighted by molar-refractivity contribution is -0.114. The number of ether oxygens (including phenoxy) is 1. The van der Waals surface area contributed by atoms with E-state index in [2.05, 4.69) is 5.32 Å². The van der Waals surface area contributed by atoms with Gasteiger partial charge >= 0.3 is 0 Å². The van der Waals surface area contributed by atoms with Gasteiger partial charge in [0, 0.05) is 5.69 Å². The van der Waals surface area contributed by atoms with Gasteiger partial charge in [0.25, 0.3) is 10.0 Å². The van der Waals surface area contributed by atoms with Crippen molar-refractivity contribution in [1.82, 2.24) is 0 Å². The van der Waals surface area contributed by atoms with Crippen LogP contribution >= 0.6 is 0 Å². The van der Waals surface area contributed by atoms with E-state index in [9.17, 15) is 13.2 Å². The zero-order valence-electron chi connectivity index (χ0n) is 19.0. The highest BCUT2D eigenvalue weighted by Crippen LogP contribution is 2.31. The van der Waals surface area contributed by atoms with Crippen molar-refractivity contribution in [2.45, 2.75) is 32.6 Å². The first kappa shape index (κ1) is 23.3. The van der Waals surface area contributed by atoms with Crippen molar-refractivity contribution in [3.8, 4) is 5.75 Å². The number of nitrogens with one attached hydrogen (secondary N) is 1. The molecule has 0 atom stereocenters. The van der Waals surface area contributed by atoms with Gasteiger partial charge in [-0.05, 0) is 68.7 Å². The van der Waals surface area contributed by atoms with Gasteiger partial charge in [-0.3, -0.25) is 9.10 Å². The van der Waals surface area contributed by atoms with Gasteiger partial charge < -0.3 is 10.1 Å². The molecule has 32 heavy (non-hydrogen) atoms. The van der Waals surface area contributed by atoms with E-state index in [0.717, 1.165) is 26.6 Å². The molecule has 0 spiro atoms. The van der Waals surface area contributed by atoms with Gasteiger partial charge in [-0.1, -0.05) is 42.0 Å². The molecule has 3 rings (SSSR count). The predicted molar refractivity (Wildman–Crippen MR) is 128 cm³/mol. The van der Waals surface area contributed by atoms with Crippen LogP contribution in [0.5, 0.6) is 5.75 Å². The van der Waals surface area contributed by atoms with Crippen LogP contribution in [0.1, 0.15) is 22.3 Å². The molecule has 0 bridgehead atoms. The normalized spacial score (nSPS) is 11.2. The quantitative estimate of drug-likeness (QED) is 0.561. The lowest BCUT2D eigenvalue weighted by Gasteiger charge is -2.25. The van der Waals surface area contributed by atoms with Gasteiger partial charge in [0.2, 0.25) is 5.91 Å².